The van der Waals surface area contributed by atoms with E-state index in [0.29, 0.717) is 22.1 Å². The zero-order valence-electron chi connectivity index (χ0n) is 24.4. The first-order valence-corrected chi connectivity index (χ1v) is 16.5. The molecule has 1 aromatic heterocycles. The van der Waals surface area contributed by atoms with Gasteiger partial charge in [0, 0.05) is 38.8 Å². The molecule has 4 heterocycles. The summed E-state index contributed by atoms with van der Waals surface area (Å²) in [5.74, 6) is 0.0654. The quantitative estimate of drug-likeness (QED) is 0.197. The number of methoxy groups -OCH3 is 1. The lowest BCUT2D eigenvalue weighted by Crippen LogP contribution is -2.61. The van der Waals surface area contributed by atoms with Gasteiger partial charge in [-0.15, -0.1) is 0 Å². The van der Waals surface area contributed by atoms with Crippen LogP contribution in [0.3, 0.4) is 0 Å². The summed E-state index contributed by atoms with van der Waals surface area (Å²) in [5, 5.41) is 15.6. The number of hydrogen-bond acceptors (Lipinski definition) is 7. The number of carbonyl (C=O) groups excluding carboxylic acids is 1. The van der Waals surface area contributed by atoms with Crippen molar-refractivity contribution in [3.8, 4) is 28.4 Å². The number of hydrogen-bond donors (Lipinski definition) is 1. The molecule has 0 bridgehead atoms. The van der Waals surface area contributed by atoms with Crippen molar-refractivity contribution in [3.05, 3.63) is 134 Å². The maximum absolute atomic E-state index is 13.3. The Balaban J connectivity index is 1.29. The summed E-state index contributed by atoms with van der Waals surface area (Å²) in [7, 11) is 1.64. The Hall–Kier alpha value is -4.51. The third-order valence-electron chi connectivity index (χ3n) is 8.22. The van der Waals surface area contributed by atoms with Crippen molar-refractivity contribution in [2.75, 3.05) is 7.11 Å². The van der Waals surface area contributed by atoms with Gasteiger partial charge >= 0.3 is 5.85 Å². The molecule has 1 N–H and O–H groups in total. The first-order chi connectivity index (χ1) is 22.4. The van der Waals surface area contributed by atoms with E-state index in [0.717, 1.165) is 61.3 Å². The number of rotatable bonds is 5. The number of nitrogens with one attached hydrogen (secondary N) is 1. The molecule has 0 aliphatic carbocycles. The zero-order valence-corrected chi connectivity index (χ0v) is 27.5. The lowest BCUT2D eigenvalue weighted by molar-refractivity contribution is -0.0949. The van der Waals surface area contributed by atoms with Crippen LogP contribution in [-0.2, 0) is 0 Å². The monoisotopic (exact) mass is 709 g/mol. The van der Waals surface area contributed by atoms with Crippen LogP contribution in [0.4, 0.5) is 4.79 Å². The fraction of sp³-hybridized carbons (Fsp3) is 0.114. The van der Waals surface area contributed by atoms with E-state index in [1.54, 1.807) is 7.11 Å². The standard InChI is InChI=1S/C35H25BrClN5O3S/c1-44-27-14-9-22(10-15-27)33-23(20-41(40-33)26-5-3-2-4-6-26)17-32-35(38-34(43)46-32)42-30(28-18-24(36)11-16-31(28)45-35)19-29(39-42)21-7-12-25(37)13-8-21/h2-18,20,30H,19H2,1H3,(H,38,43). The fourth-order valence-corrected chi connectivity index (χ4v) is 7.43. The van der Waals surface area contributed by atoms with Gasteiger partial charge in [0.25, 0.3) is 5.24 Å². The lowest BCUT2D eigenvalue weighted by atomic mass is 9.95. The first kappa shape index (κ1) is 28.9. The Morgan fingerprint density at radius 2 is 1.80 bits per heavy atom. The van der Waals surface area contributed by atoms with Gasteiger partial charge in [0.2, 0.25) is 0 Å². The second-order valence-corrected chi connectivity index (χ2v) is 13.4. The van der Waals surface area contributed by atoms with E-state index in [2.05, 4.69) is 27.3 Å². The van der Waals surface area contributed by atoms with Crippen LogP contribution in [0.2, 0.25) is 5.02 Å². The molecular formula is C35H25BrClN5O3S. The van der Waals surface area contributed by atoms with Gasteiger partial charge in [-0.3, -0.25) is 10.1 Å². The van der Waals surface area contributed by atoms with Gasteiger partial charge in [-0.2, -0.15) is 10.2 Å². The van der Waals surface area contributed by atoms with Crippen molar-refractivity contribution < 1.29 is 14.3 Å². The van der Waals surface area contributed by atoms with Crippen LogP contribution in [-0.4, -0.2) is 38.7 Å². The van der Waals surface area contributed by atoms with E-state index in [4.69, 9.17) is 31.3 Å². The Morgan fingerprint density at radius 1 is 1.04 bits per heavy atom. The summed E-state index contributed by atoms with van der Waals surface area (Å²) in [5.41, 5.74) is 6.19. The number of benzene rings is 4. The summed E-state index contributed by atoms with van der Waals surface area (Å²) >= 11 is 10.9. The van der Waals surface area contributed by atoms with E-state index in [1.165, 1.54) is 0 Å². The maximum atomic E-state index is 13.3. The highest BCUT2D eigenvalue weighted by Crippen LogP contribution is 2.53. The molecule has 228 valence electrons. The second kappa shape index (κ2) is 11.4. The highest BCUT2D eigenvalue weighted by molar-refractivity contribution is 9.10. The number of fused-ring (bicyclic) bond motifs is 4. The van der Waals surface area contributed by atoms with Crippen molar-refractivity contribution in [2.24, 2.45) is 5.10 Å². The number of nitrogens with zero attached hydrogens (tertiary/aromatic N) is 4. The Labute approximate surface area is 282 Å². The largest absolute Gasteiger partial charge is 0.497 e. The minimum atomic E-state index is -1.37. The number of halogens is 2. The predicted octanol–water partition coefficient (Wildman–Crippen LogP) is 8.66. The molecule has 46 heavy (non-hydrogen) atoms. The average molecular weight is 711 g/mol. The number of amides is 1. The summed E-state index contributed by atoms with van der Waals surface area (Å²) in [4.78, 5) is 14.0. The van der Waals surface area contributed by atoms with Gasteiger partial charge < -0.3 is 9.47 Å². The highest BCUT2D eigenvalue weighted by Gasteiger charge is 2.58. The number of carbonyl (C=O) groups is 1. The molecule has 4 aromatic carbocycles. The Morgan fingerprint density at radius 3 is 2.57 bits per heavy atom. The minimum absolute atomic E-state index is 0.192. The molecule has 0 radical (unpaired) electrons. The fourth-order valence-electron chi connectivity index (χ4n) is 6.03. The lowest BCUT2D eigenvalue weighted by Gasteiger charge is -2.45. The summed E-state index contributed by atoms with van der Waals surface area (Å²) in [6.07, 6.45) is 4.56. The number of hydrazone groups is 1. The smallest absolute Gasteiger partial charge is 0.314 e. The zero-order chi connectivity index (χ0) is 31.4. The molecule has 2 atom stereocenters. The van der Waals surface area contributed by atoms with Crippen molar-refractivity contribution in [3.63, 3.8) is 0 Å². The van der Waals surface area contributed by atoms with E-state index in [-0.39, 0.29) is 11.3 Å². The van der Waals surface area contributed by atoms with Crippen molar-refractivity contribution in [1.82, 2.24) is 20.1 Å². The first-order valence-electron chi connectivity index (χ1n) is 14.5. The molecule has 1 fully saturated rings. The third-order valence-corrected chi connectivity index (χ3v) is 9.87. The average Bonchev–Trinajstić information content (AvgIpc) is 3.79. The van der Waals surface area contributed by atoms with Crippen LogP contribution in [0, 0.1) is 0 Å². The van der Waals surface area contributed by atoms with Gasteiger partial charge in [0.15, 0.2) is 0 Å². The summed E-state index contributed by atoms with van der Waals surface area (Å²) < 4.78 is 15.0. The Bertz CT molecular complexity index is 2050. The molecule has 3 aliphatic heterocycles. The minimum Gasteiger partial charge on any atom is -0.497 e. The molecule has 8 nitrogen and oxygen atoms in total. The normalized spacial score (nSPS) is 20.7. The van der Waals surface area contributed by atoms with Crippen LogP contribution in [0.1, 0.15) is 29.2 Å². The number of thioether (sulfide) groups is 1. The van der Waals surface area contributed by atoms with Gasteiger partial charge in [-0.25, -0.2) is 9.69 Å². The third kappa shape index (κ3) is 4.97. The maximum Gasteiger partial charge on any atom is 0.314 e. The molecule has 1 amide bonds. The van der Waals surface area contributed by atoms with Crippen LogP contribution >= 0.6 is 39.3 Å². The second-order valence-electron chi connectivity index (χ2n) is 11.0. The molecular weight excluding hydrogens is 686 g/mol. The van der Waals surface area contributed by atoms with E-state index >= 15 is 0 Å². The molecule has 3 aliphatic rings. The van der Waals surface area contributed by atoms with Crippen LogP contribution in [0.15, 0.2) is 118 Å². The van der Waals surface area contributed by atoms with E-state index < -0.39 is 5.85 Å². The highest BCUT2D eigenvalue weighted by atomic mass is 79.9. The molecule has 5 aromatic rings. The van der Waals surface area contributed by atoms with Crippen LogP contribution in [0.5, 0.6) is 11.5 Å². The number of ether oxygens (including phenoxy) is 2. The molecule has 8 rings (SSSR count). The molecule has 1 spiro atoms. The Kier molecular flexibility index (Phi) is 7.16. The van der Waals surface area contributed by atoms with Gasteiger partial charge in [0.1, 0.15) is 11.5 Å². The number of aromatic nitrogens is 2. The summed E-state index contributed by atoms with van der Waals surface area (Å²) in [6, 6.07) is 31.1. The van der Waals surface area contributed by atoms with E-state index in [9.17, 15) is 4.79 Å². The van der Waals surface area contributed by atoms with Crippen LogP contribution < -0.4 is 14.8 Å². The SMILES string of the molecule is COc1ccc(-c2nn(-c3ccccc3)cc2C=C2SC(=O)NC23Oc2ccc(Br)cc2C2CC(c4ccc(Cl)cc4)=NN23)cc1. The molecule has 1 saturated heterocycles. The number of para-hydroxylation sites is 1. The van der Waals surface area contributed by atoms with Crippen molar-refractivity contribution >= 4 is 56.3 Å². The molecule has 2 unspecified atom stereocenters. The van der Waals surface area contributed by atoms with Crippen LogP contribution in [0.25, 0.3) is 23.0 Å². The van der Waals surface area contributed by atoms with Crippen molar-refractivity contribution in [2.45, 2.75) is 18.3 Å². The molecule has 11 heteroatoms. The topological polar surface area (TPSA) is 81.0 Å². The predicted molar refractivity (Wildman–Crippen MR) is 184 cm³/mol. The van der Waals surface area contributed by atoms with Gasteiger partial charge in [-0.05, 0) is 90.1 Å². The summed E-state index contributed by atoms with van der Waals surface area (Å²) in [6.45, 7) is 0. The van der Waals surface area contributed by atoms with Crippen molar-refractivity contribution in [1.29, 1.82) is 0 Å². The van der Waals surface area contributed by atoms with Gasteiger partial charge in [-0.1, -0.05) is 57.9 Å². The van der Waals surface area contributed by atoms with Gasteiger partial charge in [0.05, 0.1) is 35.1 Å². The van der Waals surface area contributed by atoms with E-state index in [1.807, 2.05) is 113 Å². The molecule has 0 saturated carbocycles.